The number of carbonyl (C=O) groups excluding carboxylic acids is 1. The van der Waals surface area contributed by atoms with Gasteiger partial charge < -0.3 is 0 Å². The molecule has 140 valence electrons. The maximum absolute atomic E-state index is 13.1. The van der Waals surface area contributed by atoms with E-state index < -0.39 is 8.10 Å². The Morgan fingerprint density at radius 1 is 1.19 bits per heavy atom. The third-order valence-electron chi connectivity index (χ3n) is 3.99. The van der Waals surface area contributed by atoms with Crippen molar-refractivity contribution in [3.05, 3.63) is 77.2 Å². The molecule has 0 aliphatic carbocycles. The van der Waals surface area contributed by atoms with Crippen LogP contribution in [-0.4, -0.2) is 45.4 Å². The van der Waals surface area contributed by atoms with E-state index in [2.05, 4.69) is 5.10 Å². The number of benzene rings is 2. The number of hydrogen-bond donors (Lipinski definition) is 1. The van der Waals surface area contributed by atoms with Gasteiger partial charge >= 0.3 is 141 Å². The smallest absolute Gasteiger partial charge is 0.207 e. The Bertz CT molecular complexity index is 1100. The van der Waals surface area contributed by atoms with Gasteiger partial charge in [0.2, 0.25) is 0 Å². The molecule has 2 N–H and O–H groups in total. The molecule has 1 unspecified atom stereocenters. The normalized spacial score (nSPS) is 11.5. The van der Waals surface area contributed by atoms with Crippen LogP contribution in [0.15, 0.2) is 54.7 Å². The fraction of sp³-hybridized carbons (Fsp3) is 0.111. The molecule has 0 radical (unpaired) electrons. The zero-order chi connectivity index (χ0) is 19.6. The third kappa shape index (κ3) is 4.64. The minimum absolute atomic E-state index is 0.0370. The van der Waals surface area contributed by atoms with Crippen LogP contribution in [0.25, 0.3) is 5.69 Å². The van der Waals surface area contributed by atoms with Crippen molar-refractivity contribution < 1.29 is 17.6 Å². The van der Waals surface area contributed by atoms with Crippen molar-refractivity contribution in [2.45, 2.75) is 6.42 Å². The summed E-state index contributed by atoms with van der Waals surface area (Å²) in [7, 11) is -3.03. The van der Waals surface area contributed by atoms with Crippen LogP contribution in [-0.2, 0) is 14.5 Å². The van der Waals surface area contributed by atoms with E-state index in [9.17, 15) is 17.6 Å². The Morgan fingerprint density at radius 2 is 1.89 bits per heavy atom. The summed E-state index contributed by atoms with van der Waals surface area (Å²) in [6.45, 7) is 0. The summed E-state index contributed by atoms with van der Waals surface area (Å²) in [4.78, 5) is 12.8. The van der Waals surface area contributed by atoms with Crippen LogP contribution < -0.4 is 5.73 Å². The van der Waals surface area contributed by atoms with Gasteiger partial charge in [0.05, 0.1) is 0 Å². The summed E-state index contributed by atoms with van der Waals surface area (Å²) in [6, 6.07) is 12.4. The minimum Gasteiger partial charge on any atom is -0.207 e. The second-order valence-electron chi connectivity index (χ2n) is 5.98. The first kappa shape index (κ1) is 19.3. The SMILES string of the molecule is Nc1c(C(=O)c2cccc(CCS(=O)(=O)[AsH2])c2)cnn1-c1ccc(F)cc1. The van der Waals surface area contributed by atoms with E-state index in [1.54, 1.807) is 24.3 Å². The quantitative estimate of drug-likeness (QED) is 0.453. The zero-order valence-corrected chi connectivity index (χ0v) is 17.4. The molecule has 3 rings (SSSR count). The fourth-order valence-electron chi connectivity index (χ4n) is 2.60. The standard InChI is InChI=1S/C18H17AsFN3O3S/c19-27(25,26)9-8-12-2-1-3-13(10-12)17(24)16-11-22-23(18(16)21)15-6-4-14(20)5-7-15/h1-7,10-11H,8-9,19,21H2. The van der Waals surface area contributed by atoms with E-state index in [0.29, 0.717) is 33.4 Å². The molecular weight excluding hydrogens is 432 g/mol. The summed E-state index contributed by atoms with van der Waals surface area (Å²) in [5.41, 5.74) is 7.99. The summed E-state index contributed by atoms with van der Waals surface area (Å²) >= 11 is 0.693. The molecular formula is C18H17AsFN3O3S. The van der Waals surface area contributed by atoms with E-state index in [0.717, 1.165) is 5.56 Å². The van der Waals surface area contributed by atoms with Gasteiger partial charge in [0.1, 0.15) is 5.82 Å². The van der Waals surface area contributed by atoms with E-state index in [1.165, 1.54) is 35.1 Å². The van der Waals surface area contributed by atoms with Gasteiger partial charge in [-0.05, 0) is 12.1 Å². The Balaban J connectivity index is 1.87. The number of hydrogen-bond acceptors (Lipinski definition) is 5. The van der Waals surface area contributed by atoms with Gasteiger partial charge in [-0.25, -0.2) is 4.39 Å². The molecule has 1 aromatic heterocycles. The average Bonchev–Trinajstić information content (AvgIpc) is 3.01. The zero-order valence-electron chi connectivity index (χ0n) is 14.2. The Kier molecular flexibility index (Phi) is 5.48. The molecule has 0 saturated heterocycles. The van der Waals surface area contributed by atoms with Crippen molar-refractivity contribution in [3.8, 4) is 5.69 Å². The summed E-state index contributed by atoms with van der Waals surface area (Å²) in [6.07, 6.45) is 1.71. The molecule has 0 aliphatic rings. The molecule has 2 aromatic carbocycles. The molecule has 27 heavy (non-hydrogen) atoms. The Hall–Kier alpha value is -2.44. The van der Waals surface area contributed by atoms with Crippen LogP contribution >= 0.6 is 0 Å². The Morgan fingerprint density at radius 3 is 2.56 bits per heavy atom. The van der Waals surface area contributed by atoms with Gasteiger partial charge in [-0.15, -0.1) is 0 Å². The number of halogens is 1. The molecule has 1 heterocycles. The fourth-order valence-corrected chi connectivity index (χ4v) is 3.87. The number of nitrogens with zero attached hydrogens (tertiary/aromatic N) is 2. The van der Waals surface area contributed by atoms with E-state index in [4.69, 9.17) is 5.73 Å². The molecule has 0 fully saturated rings. The van der Waals surface area contributed by atoms with Crippen LogP contribution in [0.4, 0.5) is 10.2 Å². The predicted octanol–water partition coefficient (Wildman–Crippen LogP) is 1.33. The van der Waals surface area contributed by atoms with E-state index >= 15 is 0 Å². The summed E-state index contributed by atoms with van der Waals surface area (Å²) < 4.78 is 37.2. The van der Waals surface area contributed by atoms with Crippen molar-refractivity contribution in [2.75, 3.05) is 11.5 Å². The van der Waals surface area contributed by atoms with Gasteiger partial charge in [0, 0.05) is 0 Å². The van der Waals surface area contributed by atoms with Crippen LogP contribution in [0.1, 0.15) is 21.5 Å². The van der Waals surface area contributed by atoms with E-state index in [1.807, 2.05) is 0 Å². The monoisotopic (exact) mass is 449 g/mol. The third-order valence-corrected chi connectivity index (χ3v) is 6.24. The first-order valence-corrected chi connectivity index (χ1v) is 12.7. The van der Waals surface area contributed by atoms with Crippen molar-refractivity contribution in [1.82, 2.24) is 9.78 Å². The number of carbonyl (C=O) groups is 1. The molecule has 0 saturated carbocycles. The topological polar surface area (TPSA) is 95.1 Å². The van der Waals surface area contributed by atoms with Crippen molar-refractivity contribution >= 4 is 35.4 Å². The number of aromatic nitrogens is 2. The molecule has 1 atom stereocenters. The van der Waals surface area contributed by atoms with Gasteiger partial charge in [0.25, 0.3) is 0 Å². The van der Waals surface area contributed by atoms with Crippen molar-refractivity contribution in [2.24, 2.45) is 0 Å². The van der Waals surface area contributed by atoms with Crippen molar-refractivity contribution in [1.29, 1.82) is 0 Å². The second-order valence-corrected chi connectivity index (χ2v) is 12.2. The summed E-state index contributed by atoms with van der Waals surface area (Å²) in [5, 5.41) is 4.12. The van der Waals surface area contributed by atoms with Gasteiger partial charge in [0.15, 0.2) is 0 Å². The van der Waals surface area contributed by atoms with Crippen LogP contribution in [0.5, 0.6) is 0 Å². The van der Waals surface area contributed by atoms with Crippen LogP contribution in [0.2, 0.25) is 0 Å². The molecule has 0 bridgehead atoms. The first-order chi connectivity index (χ1) is 12.7. The number of anilines is 1. The number of nitrogens with two attached hydrogens (primary N) is 1. The number of ketones is 1. The van der Waals surface area contributed by atoms with Crippen LogP contribution in [0, 0.1) is 5.82 Å². The molecule has 9 heteroatoms. The second kappa shape index (κ2) is 7.66. The molecule has 6 nitrogen and oxygen atoms in total. The predicted molar refractivity (Wildman–Crippen MR) is 104 cm³/mol. The van der Waals surface area contributed by atoms with Gasteiger partial charge in [-0.1, -0.05) is 0 Å². The Labute approximate surface area is 163 Å². The average molecular weight is 449 g/mol. The minimum atomic E-state index is -3.03. The van der Waals surface area contributed by atoms with Crippen molar-refractivity contribution in [3.63, 3.8) is 0 Å². The molecule has 3 aromatic rings. The molecule has 0 amide bonds. The molecule has 0 aliphatic heterocycles. The van der Waals surface area contributed by atoms with Gasteiger partial charge in [-0.3, -0.25) is 0 Å². The van der Waals surface area contributed by atoms with E-state index in [-0.39, 0.29) is 28.7 Å². The molecule has 0 spiro atoms. The summed E-state index contributed by atoms with van der Waals surface area (Å²) in [5.74, 6) is -0.509. The van der Waals surface area contributed by atoms with Gasteiger partial charge in [-0.2, -0.15) is 0 Å². The first-order valence-electron chi connectivity index (χ1n) is 7.98. The number of rotatable bonds is 6. The number of nitrogen functional groups attached to an aromatic ring is 1. The number of aryl methyl sites for hydroxylation is 1. The van der Waals surface area contributed by atoms with Crippen LogP contribution in [0.3, 0.4) is 0 Å². The maximum atomic E-state index is 13.1.